The third-order valence-electron chi connectivity index (χ3n) is 4.55. The molecule has 4 aromatic rings. The van der Waals surface area contributed by atoms with Crippen molar-refractivity contribution in [3.05, 3.63) is 99.6 Å². The molecule has 0 saturated heterocycles. The zero-order chi connectivity index (χ0) is 21.3. The summed E-state index contributed by atoms with van der Waals surface area (Å²) in [5.74, 6) is -2.29. The number of fused-ring (bicyclic) bond motifs is 1. The van der Waals surface area contributed by atoms with Crippen LogP contribution in [0.5, 0.6) is 5.75 Å². The van der Waals surface area contributed by atoms with Crippen molar-refractivity contribution in [2.24, 2.45) is 0 Å². The molecule has 0 fully saturated rings. The molecule has 0 aliphatic carbocycles. The molecule has 2 heterocycles. The second-order valence-electron chi connectivity index (χ2n) is 6.63. The van der Waals surface area contributed by atoms with E-state index in [0.29, 0.717) is 5.56 Å². The monoisotopic (exact) mass is 410 g/mol. The maximum atomic E-state index is 13.1. The van der Waals surface area contributed by atoms with Crippen molar-refractivity contribution < 1.29 is 18.7 Å². The summed E-state index contributed by atoms with van der Waals surface area (Å²) in [6.07, 6.45) is 1.58. The average Bonchev–Trinajstić information content (AvgIpc) is 3.14. The van der Waals surface area contributed by atoms with Gasteiger partial charge < -0.3 is 10.4 Å². The third-order valence-corrected chi connectivity index (χ3v) is 4.55. The Bertz CT molecular complexity index is 1280. The summed E-state index contributed by atoms with van der Waals surface area (Å²) in [5, 5.41) is 12.8. The number of aromatic hydroxyl groups is 1. The fourth-order valence-corrected chi connectivity index (χ4v) is 3.02. The van der Waals surface area contributed by atoms with Gasteiger partial charge in [0.25, 0.3) is 5.91 Å². The molecule has 0 spiro atoms. The van der Waals surface area contributed by atoms with E-state index in [4.69, 9.17) is 0 Å². The fraction of sp³-hybridized carbons (Fsp3) is 0.0952. The van der Waals surface area contributed by atoms with E-state index < -0.39 is 28.7 Å². The molecule has 2 aromatic carbocycles. The van der Waals surface area contributed by atoms with Crippen LogP contribution in [-0.4, -0.2) is 25.2 Å². The van der Waals surface area contributed by atoms with Gasteiger partial charge in [0.05, 0.1) is 6.54 Å². The number of benzene rings is 2. The number of halogens is 2. The van der Waals surface area contributed by atoms with Crippen molar-refractivity contribution >= 4 is 11.6 Å². The Labute approximate surface area is 168 Å². The fourth-order valence-electron chi connectivity index (χ4n) is 3.02. The third kappa shape index (κ3) is 3.77. The second kappa shape index (κ2) is 7.78. The molecule has 2 N–H and O–H groups in total. The Morgan fingerprint density at radius 3 is 2.20 bits per heavy atom. The molecule has 0 unspecified atom stereocenters. The molecule has 0 aliphatic heterocycles. The van der Waals surface area contributed by atoms with Crippen molar-refractivity contribution in [2.45, 2.75) is 13.1 Å². The first-order valence-corrected chi connectivity index (χ1v) is 9.00. The zero-order valence-corrected chi connectivity index (χ0v) is 15.5. The lowest BCUT2D eigenvalue weighted by atomic mass is 10.2. The first kappa shape index (κ1) is 19.3. The standard InChI is InChI=1S/C21H16F2N4O3/c22-15-5-1-13(2-6-15)11-24-20(29)18-19(28)21(30)27-17(25-18)9-10-26(27)12-14-3-7-16(23)8-4-14/h1-10,28H,11-12H2,(H,24,29). The van der Waals surface area contributed by atoms with Gasteiger partial charge in [0, 0.05) is 18.8 Å². The van der Waals surface area contributed by atoms with Gasteiger partial charge in [-0.3, -0.25) is 14.3 Å². The van der Waals surface area contributed by atoms with Crippen LogP contribution in [0.1, 0.15) is 21.6 Å². The smallest absolute Gasteiger partial charge is 0.315 e. The minimum absolute atomic E-state index is 0.0746. The van der Waals surface area contributed by atoms with Crippen LogP contribution in [0.4, 0.5) is 8.78 Å². The van der Waals surface area contributed by atoms with E-state index >= 15 is 0 Å². The van der Waals surface area contributed by atoms with E-state index in [0.717, 1.165) is 10.1 Å². The van der Waals surface area contributed by atoms with Gasteiger partial charge in [0.1, 0.15) is 11.6 Å². The van der Waals surface area contributed by atoms with Gasteiger partial charge in [-0.1, -0.05) is 24.3 Å². The second-order valence-corrected chi connectivity index (χ2v) is 6.63. The van der Waals surface area contributed by atoms with E-state index in [1.165, 1.54) is 47.1 Å². The highest BCUT2D eigenvalue weighted by Crippen LogP contribution is 2.13. The SMILES string of the molecule is O=C(NCc1ccc(F)cc1)c1nc2ccn(Cc3ccc(F)cc3)n2c(=O)c1O. The molecular weight excluding hydrogens is 394 g/mol. The molecule has 4 rings (SSSR count). The summed E-state index contributed by atoms with van der Waals surface area (Å²) >= 11 is 0. The molecule has 0 radical (unpaired) electrons. The Morgan fingerprint density at radius 1 is 0.967 bits per heavy atom. The largest absolute Gasteiger partial charge is 0.501 e. The summed E-state index contributed by atoms with van der Waals surface area (Å²) in [5.41, 5.74) is 0.349. The van der Waals surface area contributed by atoms with Crippen LogP contribution >= 0.6 is 0 Å². The number of carbonyl (C=O) groups excluding carboxylic acids is 1. The molecule has 1 amide bonds. The van der Waals surface area contributed by atoms with Crippen LogP contribution in [-0.2, 0) is 13.1 Å². The van der Waals surface area contributed by atoms with Gasteiger partial charge in [-0.25, -0.2) is 13.8 Å². The minimum atomic E-state index is -0.806. The van der Waals surface area contributed by atoms with Crippen molar-refractivity contribution in [1.29, 1.82) is 0 Å². The van der Waals surface area contributed by atoms with Gasteiger partial charge in [0.15, 0.2) is 11.3 Å². The summed E-state index contributed by atoms with van der Waals surface area (Å²) in [7, 11) is 0. The Balaban J connectivity index is 1.60. The molecule has 30 heavy (non-hydrogen) atoms. The first-order chi connectivity index (χ1) is 14.4. The lowest BCUT2D eigenvalue weighted by molar-refractivity contribution is 0.0942. The maximum Gasteiger partial charge on any atom is 0.315 e. The number of nitrogens with zero attached hydrogens (tertiary/aromatic N) is 3. The van der Waals surface area contributed by atoms with Crippen molar-refractivity contribution in [2.75, 3.05) is 0 Å². The predicted molar refractivity (Wildman–Crippen MR) is 104 cm³/mol. The van der Waals surface area contributed by atoms with Crippen LogP contribution < -0.4 is 10.9 Å². The van der Waals surface area contributed by atoms with Crippen molar-refractivity contribution in [3.63, 3.8) is 0 Å². The number of aromatic nitrogens is 3. The number of carbonyl (C=O) groups is 1. The van der Waals surface area contributed by atoms with Crippen LogP contribution in [0, 0.1) is 11.6 Å². The van der Waals surface area contributed by atoms with Crippen molar-refractivity contribution in [1.82, 2.24) is 19.5 Å². The van der Waals surface area contributed by atoms with Crippen LogP contribution in [0.15, 0.2) is 65.6 Å². The van der Waals surface area contributed by atoms with Gasteiger partial charge in [-0.15, -0.1) is 0 Å². The number of rotatable bonds is 5. The van der Waals surface area contributed by atoms with E-state index in [1.54, 1.807) is 18.3 Å². The number of amides is 1. The molecule has 0 atom stereocenters. The quantitative estimate of drug-likeness (QED) is 0.529. The summed E-state index contributed by atoms with van der Waals surface area (Å²) in [4.78, 5) is 29.2. The molecule has 0 bridgehead atoms. The van der Waals surface area contributed by atoms with E-state index in [-0.39, 0.29) is 24.6 Å². The highest BCUT2D eigenvalue weighted by molar-refractivity contribution is 5.95. The summed E-state index contributed by atoms with van der Waals surface area (Å²) in [6, 6.07) is 12.9. The van der Waals surface area contributed by atoms with Gasteiger partial charge >= 0.3 is 5.56 Å². The lowest BCUT2D eigenvalue weighted by Gasteiger charge is -2.09. The van der Waals surface area contributed by atoms with Crippen LogP contribution in [0.25, 0.3) is 5.65 Å². The Morgan fingerprint density at radius 2 is 1.57 bits per heavy atom. The van der Waals surface area contributed by atoms with E-state index in [2.05, 4.69) is 10.3 Å². The highest BCUT2D eigenvalue weighted by Gasteiger charge is 2.20. The van der Waals surface area contributed by atoms with E-state index in [9.17, 15) is 23.5 Å². The number of hydrogen-bond donors (Lipinski definition) is 2. The van der Waals surface area contributed by atoms with Crippen LogP contribution in [0.2, 0.25) is 0 Å². The Hall–Kier alpha value is -4.01. The van der Waals surface area contributed by atoms with E-state index in [1.807, 2.05) is 0 Å². The molecule has 152 valence electrons. The topological polar surface area (TPSA) is 88.6 Å². The summed E-state index contributed by atoms with van der Waals surface area (Å²) < 4.78 is 28.7. The maximum absolute atomic E-state index is 13.1. The summed E-state index contributed by atoms with van der Waals surface area (Å²) in [6.45, 7) is 0.312. The van der Waals surface area contributed by atoms with Gasteiger partial charge in [0.2, 0.25) is 5.75 Å². The molecule has 2 aromatic heterocycles. The molecule has 9 heteroatoms. The van der Waals surface area contributed by atoms with Gasteiger partial charge in [-0.2, -0.15) is 4.52 Å². The van der Waals surface area contributed by atoms with Gasteiger partial charge in [-0.05, 0) is 35.4 Å². The van der Waals surface area contributed by atoms with Crippen molar-refractivity contribution in [3.8, 4) is 5.75 Å². The Kier molecular flexibility index (Phi) is 5.01. The number of hydrogen-bond acceptors (Lipinski definition) is 4. The average molecular weight is 410 g/mol. The van der Waals surface area contributed by atoms with Crippen LogP contribution in [0.3, 0.4) is 0 Å². The molecule has 0 aliphatic rings. The highest BCUT2D eigenvalue weighted by atomic mass is 19.1. The molecule has 7 nitrogen and oxygen atoms in total. The zero-order valence-electron chi connectivity index (χ0n) is 15.5. The minimum Gasteiger partial charge on any atom is -0.501 e. The number of nitrogens with one attached hydrogen (secondary N) is 1. The molecular formula is C21H16F2N4O3. The predicted octanol–water partition coefficient (Wildman–Crippen LogP) is 2.46. The molecule has 0 saturated carbocycles. The first-order valence-electron chi connectivity index (χ1n) is 9.00. The lowest BCUT2D eigenvalue weighted by Crippen LogP contribution is -2.29. The normalized spacial score (nSPS) is 11.0.